The second kappa shape index (κ2) is 7.82. The molecule has 4 aromatic rings. The number of aliphatic hydroxyl groups is 1. The zero-order chi connectivity index (χ0) is 19.6. The summed E-state index contributed by atoms with van der Waals surface area (Å²) >= 11 is 0. The van der Waals surface area contributed by atoms with Crippen molar-refractivity contribution in [1.82, 2.24) is 14.9 Å². The Kier molecular flexibility index (Phi) is 4.88. The molecule has 0 bridgehead atoms. The lowest BCUT2D eigenvalue weighted by atomic mass is 9.97. The number of nitrogens with zero attached hydrogens (tertiary/aromatic N) is 2. The fraction of sp³-hybridized carbons (Fsp3) is 0.240. The first kappa shape index (κ1) is 18.1. The van der Waals surface area contributed by atoms with Crippen molar-refractivity contribution in [2.75, 3.05) is 13.1 Å². The molecule has 0 radical (unpaired) electrons. The van der Waals surface area contributed by atoms with Crippen LogP contribution in [0.2, 0.25) is 0 Å². The van der Waals surface area contributed by atoms with Crippen LogP contribution in [0.3, 0.4) is 0 Å². The second-order valence-corrected chi connectivity index (χ2v) is 7.91. The highest BCUT2D eigenvalue weighted by atomic mass is 16.3. The highest BCUT2D eigenvalue weighted by molar-refractivity contribution is 5.82. The Labute approximate surface area is 170 Å². The smallest absolute Gasteiger partial charge is 0.0704 e. The predicted octanol–water partition coefficient (Wildman–Crippen LogP) is 4.71. The number of hydrogen-bond donors (Lipinski definition) is 2. The van der Waals surface area contributed by atoms with E-state index >= 15 is 0 Å². The van der Waals surface area contributed by atoms with Crippen molar-refractivity contribution in [2.45, 2.75) is 25.5 Å². The van der Waals surface area contributed by atoms with E-state index in [9.17, 15) is 5.11 Å². The van der Waals surface area contributed by atoms with E-state index in [-0.39, 0.29) is 6.61 Å². The molecule has 0 amide bonds. The fourth-order valence-corrected chi connectivity index (χ4v) is 4.42. The van der Waals surface area contributed by atoms with Gasteiger partial charge in [-0.15, -0.1) is 0 Å². The lowest BCUT2D eigenvalue weighted by Gasteiger charge is -2.17. The second-order valence-electron chi connectivity index (χ2n) is 7.91. The molecule has 29 heavy (non-hydrogen) atoms. The summed E-state index contributed by atoms with van der Waals surface area (Å²) in [7, 11) is 0. The number of H-pyrrole nitrogens is 1. The summed E-state index contributed by atoms with van der Waals surface area (Å²) in [4.78, 5) is 10.4. The summed E-state index contributed by atoms with van der Waals surface area (Å²) in [5.41, 5.74) is 6.99. The van der Waals surface area contributed by atoms with Crippen molar-refractivity contribution in [3.8, 4) is 11.3 Å². The Morgan fingerprint density at radius 1 is 1.07 bits per heavy atom. The molecule has 3 heterocycles. The summed E-state index contributed by atoms with van der Waals surface area (Å²) in [5, 5.41) is 10.6. The Morgan fingerprint density at radius 3 is 2.83 bits per heavy atom. The minimum Gasteiger partial charge on any atom is -0.392 e. The van der Waals surface area contributed by atoms with Crippen molar-refractivity contribution in [3.05, 3.63) is 89.7 Å². The monoisotopic (exact) mass is 383 g/mol. The molecule has 1 saturated heterocycles. The van der Waals surface area contributed by atoms with E-state index in [1.807, 2.05) is 36.7 Å². The van der Waals surface area contributed by atoms with Crippen LogP contribution in [-0.4, -0.2) is 33.1 Å². The number of aromatic nitrogens is 2. The highest BCUT2D eigenvalue weighted by Gasteiger charge is 2.24. The molecule has 0 spiro atoms. The Bertz CT molecular complexity index is 1120. The third-order valence-corrected chi connectivity index (χ3v) is 6.04. The van der Waals surface area contributed by atoms with Crippen LogP contribution in [0.4, 0.5) is 0 Å². The summed E-state index contributed by atoms with van der Waals surface area (Å²) in [6.07, 6.45) is 5.12. The third kappa shape index (κ3) is 3.69. The number of likely N-dealkylation sites (tertiary alicyclic amines) is 1. The molecule has 0 aliphatic carbocycles. The number of aromatic amines is 1. The molecular formula is C25H25N3O. The number of rotatable bonds is 5. The zero-order valence-corrected chi connectivity index (χ0v) is 16.4. The van der Waals surface area contributed by atoms with Gasteiger partial charge in [-0.1, -0.05) is 36.4 Å². The standard InChI is InChI=1S/C25H25N3O/c29-17-18-4-6-19(7-5-18)25-14-20(8-11-27-25)21-10-13-28(15-21)16-22-2-1-3-24-23(22)9-12-26-24/h1-9,11-12,14,21,26,29H,10,13,15-17H2. The highest BCUT2D eigenvalue weighted by Crippen LogP contribution is 2.31. The van der Waals surface area contributed by atoms with E-state index in [1.165, 1.54) is 28.5 Å². The summed E-state index contributed by atoms with van der Waals surface area (Å²) < 4.78 is 0. The van der Waals surface area contributed by atoms with E-state index in [1.54, 1.807) is 0 Å². The van der Waals surface area contributed by atoms with E-state index in [0.29, 0.717) is 5.92 Å². The topological polar surface area (TPSA) is 52.1 Å². The van der Waals surface area contributed by atoms with Crippen LogP contribution in [0.5, 0.6) is 0 Å². The minimum atomic E-state index is 0.0716. The molecule has 4 heteroatoms. The molecule has 1 aliphatic rings. The van der Waals surface area contributed by atoms with Crippen LogP contribution in [-0.2, 0) is 13.2 Å². The molecule has 1 atom stereocenters. The number of aliphatic hydroxyl groups excluding tert-OH is 1. The van der Waals surface area contributed by atoms with Gasteiger partial charge in [0.25, 0.3) is 0 Å². The molecule has 1 fully saturated rings. The van der Waals surface area contributed by atoms with Crippen molar-refractivity contribution >= 4 is 10.9 Å². The van der Waals surface area contributed by atoms with Gasteiger partial charge in [0.05, 0.1) is 12.3 Å². The normalized spacial score (nSPS) is 17.2. The van der Waals surface area contributed by atoms with Gasteiger partial charge in [-0.25, -0.2) is 0 Å². The van der Waals surface area contributed by atoms with Gasteiger partial charge in [0.15, 0.2) is 0 Å². The Hall–Kier alpha value is -2.95. The van der Waals surface area contributed by atoms with E-state index in [2.05, 4.69) is 51.3 Å². The SMILES string of the molecule is OCc1ccc(-c2cc(C3CCN(Cc4cccc5[nH]ccc45)C3)ccn2)cc1. The number of fused-ring (bicyclic) bond motifs is 1. The molecule has 2 N–H and O–H groups in total. The van der Waals surface area contributed by atoms with Crippen LogP contribution in [0.25, 0.3) is 22.2 Å². The van der Waals surface area contributed by atoms with Gasteiger partial charge in [0.1, 0.15) is 0 Å². The van der Waals surface area contributed by atoms with Gasteiger partial charge in [-0.3, -0.25) is 9.88 Å². The average molecular weight is 383 g/mol. The fourth-order valence-electron chi connectivity index (χ4n) is 4.42. The van der Waals surface area contributed by atoms with Gasteiger partial charge in [-0.05, 0) is 59.8 Å². The first-order valence-electron chi connectivity index (χ1n) is 10.2. The summed E-state index contributed by atoms with van der Waals surface area (Å²) in [6.45, 7) is 3.26. The maximum absolute atomic E-state index is 9.24. The zero-order valence-electron chi connectivity index (χ0n) is 16.4. The molecule has 2 aromatic heterocycles. The largest absolute Gasteiger partial charge is 0.392 e. The first-order valence-corrected chi connectivity index (χ1v) is 10.2. The number of benzene rings is 2. The first-order chi connectivity index (χ1) is 14.3. The molecule has 2 aromatic carbocycles. The molecule has 0 saturated carbocycles. The van der Waals surface area contributed by atoms with E-state index in [4.69, 9.17) is 0 Å². The minimum absolute atomic E-state index is 0.0716. The summed E-state index contributed by atoms with van der Waals surface area (Å²) in [5.74, 6) is 0.541. The summed E-state index contributed by atoms with van der Waals surface area (Å²) in [6, 6.07) is 21.1. The molecule has 5 rings (SSSR count). The molecule has 146 valence electrons. The molecule has 1 unspecified atom stereocenters. The molecular weight excluding hydrogens is 358 g/mol. The number of hydrogen-bond acceptors (Lipinski definition) is 3. The van der Waals surface area contributed by atoms with Crippen molar-refractivity contribution < 1.29 is 5.11 Å². The lowest BCUT2D eigenvalue weighted by molar-refractivity contribution is 0.282. The Balaban J connectivity index is 1.31. The lowest BCUT2D eigenvalue weighted by Crippen LogP contribution is -2.19. The number of nitrogens with one attached hydrogen (secondary N) is 1. The van der Waals surface area contributed by atoms with Gasteiger partial charge >= 0.3 is 0 Å². The van der Waals surface area contributed by atoms with Crippen molar-refractivity contribution in [3.63, 3.8) is 0 Å². The molecule has 1 aliphatic heterocycles. The van der Waals surface area contributed by atoms with Crippen molar-refractivity contribution in [2.24, 2.45) is 0 Å². The Morgan fingerprint density at radius 2 is 1.97 bits per heavy atom. The van der Waals surface area contributed by atoms with Crippen LogP contribution in [0.15, 0.2) is 73.1 Å². The van der Waals surface area contributed by atoms with Crippen molar-refractivity contribution in [1.29, 1.82) is 0 Å². The van der Waals surface area contributed by atoms with Gasteiger partial charge in [0, 0.05) is 41.9 Å². The van der Waals surface area contributed by atoms with Crippen LogP contribution < -0.4 is 0 Å². The maximum Gasteiger partial charge on any atom is 0.0704 e. The van der Waals surface area contributed by atoms with Crippen LogP contribution >= 0.6 is 0 Å². The van der Waals surface area contributed by atoms with Gasteiger partial charge < -0.3 is 10.1 Å². The van der Waals surface area contributed by atoms with Gasteiger partial charge in [-0.2, -0.15) is 0 Å². The van der Waals surface area contributed by atoms with Crippen LogP contribution in [0.1, 0.15) is 29.0 Å². The maximum atomic E-state index is 9.24. The predicted molar refractivity (Wildman–Crippen MR) is 117 cm³/mol. The van der Waals surface area contributed by atoms with Gasteiger partial charge in [0.2, 0.25) is 0 Å². The average Bonchev–Trinajstić information content (AvgIpc) is 3.44. The third-order valence-electron chi connectivity index (χ3n) is 6.04. The van der Waals surface area contributed by atoms with Crippen LogP contribution in [0, 0.1) is 0 Å². The van der Waals surface area contributed by atoms with E-state index < -0.39 is 0 Å². The quantitative estimate of drug-likeness (QED) is 0.525. The van der Waals surface area contributed by atoms with E-state index in [0.717, 1.165) is 36.5 Å². The number of pyridine rings is 1. The molecule has 4 nitrogen and oxygen atoms in total.